The Hall–Kier alpha value is -2.65. The van der Waals surface area contributed by atoms with Gasteiger partial charge in [-0.1, -0.05) is 90.5 Å². The van der Waals surface area contributed by atoms with Crippen molar-refractivity contribution in [1.29, 1.82) is 0 Å². The summed E-state index contributed by atoms with van der Waals surface area (Å²) in [7, 11) is -3.47. The summed E-state index contributed by atoms with van der Waals surface area (Å²) in [5.41, 5.74) is 3.04. The van der Waals surface area contributed by atoms with Crippen LogP contribution in [0.2, 0.25) is 0 Å². The average molecular weight is 362 g/mol. The molecule has 132 valence electrons. The highest BCUT2D eigenvalue weighted by molar-refractivity contribution is 7.92. The van der Waals surface area contributed by atoms with Crippen LogP contribution in [0.25, 0.3) is 6.08 Å². The van der Waals surface area contributed by atoms with Gasteiger partial charge in [-0.3, -0.25) is 0 Å². The predicted octanol–water partition coefficient (Wildman–Crippen LogP) is 5.09. The Morgan fingerprint density at radius 2 is 1.38 bits per heavy atom. The first-order valence-electron chi connectivity index (χ1n) is 8.63. The van der Waals surface area contributed by atoms with Crippen LogP contribution >= 0.6 is 0 Å². The minimum Gasteiger partial charge on any atom is -0.223 e. The molecule has 1 atom stereocenters. The van der Waals surface area contributed by atoms with E-state index in [2.05, 4.69) is 0 Å². The van der Waals surface area contributed by atoms with E-state index in [9.17, 15) is 8.42 Å². The van der Waals surface area contributed by atoms with Crippen molar-refractivity contribution in [2.45, 2.75) is 23.5 Å². The molecule has 3 rings (SSSR count). The molecule has 1 unspecified atom stereocenters. The molecular weight excluding hydrogens is 340 g/mol. The highest BCUT2D eigenvalue weighted by Gasteiger charge is 2.25. The van der Waals surface area contributed by atoms with Gasteiger partial charge in [0.15, 0.2) is 9.84 Å². The van der Waals surface area contributed by atoms with Gasteiger partial charge in [-0.05, 0) is 36.6 Å². The Balaban J connectivity index is 1.96. The molecule has 3 aromatic carbocycles. The summed E-state index contributed by atoms with van der Waals surface area (Å²) in [5.74, 6) is 0. The van der Waals surface area contributed by atoms with E-state index in [1.165, 1.54) is 0 Å². The van der Waals surface area contributed by atoms with Crippen LogP contribution in [-0.2, 0) is 16.3 Å². The van der Waals surface area contributed by atoms with E-state index in [0.717, 1.165) is 16.7 Å². The molecular formula is C23H22O2S. The topological polar surface area (TPSA) is 34.1 Å². The van der Waals surface area contributed by atoms with Gasteiger partial charge >= 0.3 is 0 Å². The number of rotatable bonds is 6. The van der Waals surface area contributed by atoms with Gasteiger partial charge in [0.25, 0.3) is 0 Å². The molecule has 26 heavy (non-hydrogen) atoms. The molecule has 2 nitrogen and oxygen atoms in total. The van der Waals surface area contributed by atoms with Gasteiger partial charge in [0.2, 0.25) is 0 Å². The van der Waals surface area contributed by atoms with Crippen LogP contribution in [-0.4, -0.2) is 13.7 Å². The zero-order valence-corrected chi connectivity index (χ0v) is 15.6. The second-order valence-electron chi connectivity index (χ2n) is 6.36. The Morgan fingerprint density at radius 1 is 0.808 bits per heavy atom. The maximum absolute atomic E-state index is 13.2. The molecule has 0 aliphatic carbocycles. The van der Waals surface area contributed by atoms with Crippen LogP contribution in [0.5, 0.6) is 0 Å². The maximum Gasteiger partial charge on any atom is 0.185 e. The van der Waals surface area contributed by atoms with Gasteiger partial charge in [-0.2, -0.15) is 0 Å². The van der Waals surface area contributed by atoms with Crippen molar-refractivity contribution in [3.8, 4) is 0 Å². The van der Waals surface area contributed by atoms with Crippen molar-refractivity contribution in [1.82, 2.24) is 0 Å². The third-order valence-electron chi connectivity index (χ3n) is 4.33. The quantitative estimate of drug-likeness (QED) is 0.612. The van der Waals surface area contributed by atoms with Crippen molar-refractivity contribution in [3.63, 3.8) is 0 Å². The molecule has 0 spiro atoms. The molecule has 0 aromatic heterocycles. The summed E-state index contributed by atoms with van der Waals surface area (Å²) in [5, 5.41) is -0.618. The van der Waals surface area contributed by atoms with Crippen LogP contribution in [0, 0.1) is 6.92 Å². The van der Waals surface area contributed by atoms with Crippen molar-refractivity contribution >= 4 is 15.9 Å². The van der Waals surface area contributed by atoms with Gasteiger partial charge in [-0.15, -0.1) is 0 Å². The molecule has 0 bridgehead atoms. The Kier molecular flexibility index (Phi) is 5.69. The van der Waals surface area contributed by atoms with Gasteiger partial charge in [-0.25, -0.2) is 8.42 Å². The van der Waals surface area contributed by atoms with Gasteiger partial charge in [0.1, 0.15) is 0 Å². The van der Waals surface area contributed by atoms with E-state index >= 15 is 0 Å². The second kappa shape index (κ2) is 8.15. The van der Waals surface area contributed by atoms with Crippen LogP contribution in [0.3, 0.4) is 0 Å². The lowest BCUT2D eigenvalue weighted by atomic mass is 10.1. The molecule has 0 aliphatic rings. The first-order valence-corrected chi connectivity index (χ1v) is 10.2. The van der Waals surface area contributed by atoms with Gasteiger partial charge in [0, 0.05) is 0 Å². The molecule has 0 heterocycles. The smallest absolute Gasteiger partial charge is 0.185 e. The lowest BCUT2D eigenvalue weighted by Gasteiger charge is -2.15. The molecule has 0 saturated heterocycles. The SMILES string of the molecule is Cc1ccc(S(=O)(=O)C(/C=C/c2ccccc2)Cc2ccccc2)cc1. The lowest BCUT2D eigenvalue weighted by molar-refractivity contribution is 0.587. The van der Waals surface area contributed by atoms with E-state index in [0.29, 0.717) is 11.3 Å². The van der Waals surface area contributed by atoms with E-state index < -0.39 is 15.1 Å². The van der Waals surface area contributed by atoms with E-state index in [1.807, 2.05) is 85.8 Å². The summed E-state index contributed by atoms with van der Waals surface area (Å²) in [6.07, 6.45) is 4.14. The fourth-order valence-electron chi connectivity index (χ4n) is 2.81. The first kappa shape index (κ1) is 18.2. The average Bonchev–Trinajstić information content (AvgIpc) is 2.67. The zero-order chi connectivity index (χ0) is 18.4. The predicted molar refractivity (Wildman–Crippen MR) is 108 cm³/mol. The third-order valence-corrected chi connectivity index (χ3v) is 6.38. The number of sulfone groups is 1. The van der Waals surface area contributed by atoms with E-state index in [-0.39, 0.29) is 0 Å². The lowest BCUT2D eigenvalue weighted by Crippen LogP contribution is -2.22. The summed E-state index contributed by atoms with van der Waals surface area (Å²) < 4.78 is 26.4. The third kappa shape index (κ3) is 4.50. The monoisotopic (exact) mass is 362 g/mol. The normalized spacial score (nSPS) is 13.0. The highest BCUT2D eigenvalue weighted by Crippen LogP contribution is 2.22. The first-order chi connectivity index (χ1) is 12.6. The molecule has 0 aliphatic heterocycles. The number of benzene rings is 3. The zero-order valence-electron chi connectivity index (χ0n) is 14.7. The van der Waals surface area contributed by atoms with Crippen LogP contribution in [0.15, 0.2) is 95.9 Å². The number of hydrogen-bond acceptors (Lipinski definition) is 2. The minimum atomic E-state index is -3.47. The molecule has 0 saturated carbocycles. The van der Waals surface area contributed by atoms with Gasteiger partial charge < -0.3 is 0 Å². The summed E-state index contributed by atoms with van der Waals surface area (Å²) in [6.45, 7) is 1.95. The Morgan fingerprint density at radius 3 is 2.00 bits per heavy atom. The number of hydrogen-bond donors (Lipinski definition) is 0. The molecule has 0 amide bonds. The standard InChI is InChI=1S/C23H22O2S/c1-19-12-15-22(16-13-19)26(24,25)23(18-21-10-6-3-7-11-21)17-14-20-8-4-2-5-9-20/h2-17,23H,18H2,1H3/b17-14+. The maximum atomic E-state index is 13.2. The molecule has 0 radical (unpaired) electrons. The van der Waals surface area contributed by atoms with Gasteiger partial charge in [0.05, 0.1) is 10.1 Å². The van der Waals surface area contributed by atoms with E-state index in [4.69, 9.17) is 0 Å². The van der Waals surface area contributed by atoms with Crippen molar-refractivity contribution < 1.29 is 8.42 Å². The van der Waals surface area contributed by atoms with Crippen molar-refractivity contribution in [3.05, 3.63) is 108 Å². The number of aryl methyl sites for hydroxylation is 1. The summed E-state index contributed by atoms with van der Waals surface area (Å²) >= 11 is 0. The van der Waals surface area contributed by atoms with Crippen LogP contribution in [0.4, 0.5) is 0 Å². The highest BCUT2D eigenvalue weighted by atomic mass is 32.2. The summed E-state index contributed by atoms with van der Waals surface area (Å²) in [4.78, 5) is 0.363. The van der Waals surface area contributed by atoms with Crippen molar-refractivity contribution in [2.24, 2.45) is 0 Å². The fraction of sp³-hybridized carbons (Fsp3) is 0.130. The van der Waals surface area contributed by atoms with Crippen LogP contribution < -0.4 is 0 Å². The van der Waals surface area contributed by atoms with Crippen LogP contribution in [0.1, 0.15) is 16.7 Å². The van der Waals surface area contributed by atoms with E-state index in [1.54, 1.807) is 18.2 Å². The molecule has 3 heteroatoms. The van der Waals surface area contributed by atoms with Crippen molar-refractivity contribution in [2.75, 3.05) is 0 Å². The summed E-state index contributed by atoms with van der Waals surface area (Å²) in [6, 6.07) is 26.6. The fourth-order valence-corrected chi connectivity index (χ4v) is 4.38. The Labute approximate surface area is 155 Å². The molecule has 0 fully saturated rings. The minimum absolute atomic E-state index is 0.363. The molecule has 3 aromatic rings. The molecule has 0 N–H and O–H groups in total. The Bertz CT molecular complexity index is 958. The largest absolute Gasteiger partial charge is 0.223 e. The second-order valence-corrected chi connectivity index (χ2v) is 8.52.